The number of ether oxygens (including phenoxy) is 1. The molecule has 0 saturated heterocycles. The van der Waals surface area contributed by atoms with E-state index in [1.165, 1.54) is 51.4 Å². The van der Waals surface area contributed by atoms with Gasteiger partial charge in [0, 0.05) is 0 Å². The smallest absolute Gasteiger partial charge is 0.361 e. The van der Waals surface area contributed by atoms with E-state index in [1.54, 1.807) is 0 Å². The van der Waals surface area contributed by atoms with Crippen LogP contribution < -0.4 is 0 Å². The Morgan fingerprint density at radius 1 is 0.875 bits per heavy atom. The van der Waals surface area contributed by atoms with E-state index in [9.17, 15) is 4.79 Å². The Morgan fingerprint density at radius 3 is 1.79 bits per heavy atom. The predicted molar refractivity (Wildman–Crippen MR) is 101 cm³/mol. The summed E-state index contributed by atoms with van der Waals surface area (Å²) in [5.74, 6) is 4.95. The molecule has 0 unspecified atom stereocenters. The second kappa shape index (κ2) is 15.1. The molecule has 0 heterocycles. The first-order chi connectivity index (χ1) is 11.6. The molecule has 0 fully saturated rings. The van der Waals surface area contributed by atoms with Crippen LogP contribution in [0.4, 0.5) is 0 Å². The number of carbonyl (C=O) groups is 1. The van der Waals surface area contributed by atoms with E-state index >= 15 is 0 Å². The van der Waals surface area contributed by atoms with Gasteiger partial charge in [0.1, 0.15) is 13.1 Å². The van der Waals surface area contributed by atoms with Gasteiger partial charge in [0.05, 0.1) is 13.7 Å². The number of hydrogen-bond donors (Lipinski definition) is 0. The van der Waals surface area contributed by atoms with Gasteiger partial charge in [0.2, 0.25) is 0 Å². The molecular weight excluding hydrogens is 298 g/mol. The van der Waals surface area contributed by atoms with Gasteiger partial charge < -0.3 is 4.74 Å². The molecule has 0 saturated carbocycles. The molecule has 0 N–H and O–H groups in total. The Balaban J connectivity index is 3.59. The largest absolute Gasteiger partial charge is 0.462 e. The van der Waals surface area contributed by atoms with Crippen LogP contribution in [-0.4, -0.2) is 43.7 Å². The van der Waals surface area contributed by atoms with Crippen LogP contribution in [0.1, 0.15) is 71.1 Å². The highest BCUT2D eigenvalue weighted by molar-refractivity contribution is 5.70. The first-order valence-electron chi connectivity index (χ1n) is 9.44. The number of quaternary nitrogens is 1. The summed E-state index contributed by atoms with van der Waals surface area (Å²) in [5.41, 5.74) is 0. The minimum atomic E-state index is -0.209. The van der Waals surface area contributed by atoms with Crippen molar-refractivity contribution in [3.8, 4) is 24.7 Å². The molecule has 0 radical (unpaired) electrons. The maximum atomic E-state index is 11.9. The van der Waals surface area contributed by atoms with Crippen LogP contribution in [0.25, 0.3) is 0 Å². The Bertz CT molecular complexity index is 387. The van der Waals surface area contributed by atoms with Gasteiger partial charge in [0.15, 0.2) is 6.54 Å². The minimum absolute atomic E-state index is 0.209. The number of rotatable bonds is 15. The lowest BCUT2D eigenvalue weighted by atomic mass is 10.1. The van der Waals surface area contributed by atoms with E-state index in [4.69, 9.17) is 17.6 Å². The summed E-state index contributed by atoms with van der Waals surface area (Å²) in [5, 5.41) is 0. The Morgan fingerprint density at radius 2 is 1.33 bits per heavy atom. The summed E-state index contributed by atoms with van der Waals surface area (Å²) >= 11 is 0. The van der Waals surface area contributed by atoms with E-state index in [0.29, 0.717) is 24.2 Å². The summed E-state index contributed by atoms with van der Waals surface area (Å²) in [6, 6.07) is 0. The number of esters is 1. The van der Waals surface area contributed by atoms with Gasteiger partial charge in [-0.15, -0.1) is 12.8 Å². The summed E-state index contributed by atoms with van der Waals surface area (Å²) in [7, 11) is 1.89. The van der Waals surface area contributed by atoms with Crippen LogP contribution in [0.2, 0.25) is 0 Å². The van der Waals surface area contributed by atoms with E-state index in [-0.39, 0.29) is 12.5 Å². The third-order valence-corrected chi connectivity index (χ3v) is 4.22. The highest BCUT2D eigenvalue weighted by Gasteiger charge is 2.24. The number of likely N-dealkylation sites (N-methyl/N-ethyl adjacent to an activating group) is 1. The molecule has 24 heavy (non-hydrogen) atoms. The Kier molecular flexibility index (Phi) is 14.2. The maximum Gasteiger partial charge on any atom is 0.361 e. The zero-order chi connectivity index (χ0) is 18.1. The number of terminal acetylenes is 2. The zero-order valence-electron chi connectivity index (χ0n) is 15.8. The van der Waals surface area contributed by atoms with Crippen molar-refractivity contribution in [2.24, 2.45) is 0 Å². The van der Waals surface area contributed by atoms with Crippen LogP contribution in [-0.2, 0) is 9.53 Å². The monoisotopic (exact) mass is 334 g/mol. The molecule has 0 aromatic heterocycles. The average molecular weight is 335 g/mol. The summed E-state index contributed by atoms with van der Waals surface area (Å²) in [6.07, 6.45) is 23.4. The van der Waals surface area contributed by atoms with E-state index in [0.717, 1.165) is 12.8 Å². The molecular formula is C21H36NO2+. The van der Waals surface area contributed by atoms with Gasteiger partial charge in [-0.3, -0.25) is 4.48 Å². The van der Waals surface area contributed by atoms with Crippen LogP contribution in [0.5, 0.6) is 0 Å². The quantitative estimate of drug-likeness (QED) is 0.194. The summed E-state index contributed by atoms with van der Waals surface area (Å²) in [6.45, 7) is 3.87. The van der Waals surface area contributed by atoms with Crippen molar-refractivity contribution in [1.29, 1.82) is 0 Å². The van der Waals surface area contributed by atoms with Crippen molar-refractivity contribution in [2.75, 3.05) is 33.3 Å². The van der Waals surface area contributed by atoms with Crippen molar-refractivity contribution in [3.05, 3.63) is 0 Å². The standard InChI is InChI=1S/C21H36NO2/c1-5-8-9-10-11-12-13-14-15-16-19-24-21(23)20-22(4,17-6-2)18-7-3/h2-3H,5,8-20H2,1,4H3/q+1. The molecule has 0 spiro atoms. The Labute approximate surface area is 149 Å². The molecule has 0 rings (SSSR count). The number of hydrogen-bond acceptors (Lipinski definition) is 2. The number of nitrogens with zero attached hydrogens (tertiary/aromatic N) is 1. The molecule has 0 aliphatic rings. The summed E-state index contributed by atoms with van der Waals surface area (Å²) < 4.78 is 5.66. The van der Waals surface area contributed by atoms with Gasteiger partial charge in [-0.25, -0.2) is 4.79 Å². The van der Waals surface area contributed by atoms with Gasteiger partial charge in [-0.2, -0.15) is 0 Å². The van der Waals surface area contributed by atoms with Crippen LogP contribution >= 0.6 is 0 Å². The predicted octanol–water partition coefficient (Wildman–Crippen LogP) is 4.16. The van der Waals surface area contributed by atoms with Crippen LogP contribution in [0.15, 0.2) is 0 Å². The van der Waals surface area contributed by atoms with Gasteiger partial charge in [-0.1, -0.05) is 64.7 Å². The third-order valence-electron chi connectivity index (χ3n) is 4.22. The lowest BCUT2D eigenvalue weighted by Crippen LogP contribution is -2.48. The normalized spacial score (nSPS) is 10.8. The fraction of sp³-hybridized carbons (Fsp3) is 0.762. The van der Waals surface area contributed by atoms with Crippen LogP contribution in [0.3, 0.4) is 0 Å². The SMILES string of the molecule is C#CC[N+](C)(CC#C)CC(=O)OCCCCCCCCCCCC. The molecule has 0 aromatic rings. The Hall–Kier alpha value is -1.45. The fourth-order valence-corrected chi connectivity index (χ4v) is 2.74. The van der Waals surface area contributed by atoms with Gasteiger partial charge in [0.25, 0.3) is 0 Å². The van der Waals surface area contributed by atoms with Crippen molar-refractivity contribution in [3.63, 3.8) is 0 Å². The van der Waals surface area contributed by atoms with Crippen LogP contribution in [0, 0.1) is 24.7 Å². The molecule has 136 valence electrons. The third kappa shape index (κ3) is 13.0. The topological polar surface area (TPSA) is 26.3 Å². The van der Waals surface area contributed by atoms with Crippen molar-refractivity contribution in [1.82, 2.24) is 0 Å². The van der Waals surface area contributed by atoms with Crippen molar-refractivity contribution < 1.29 is 14.0 Å². The zero-order valence-corrected chi connectivity index (χ0v) is 15.8. The average Bonchev–Trinajstić information content (AvgIpc) is 2.52. The van der Waals surface area contributed by atoms with E-state index in [2.05, 4.69) is 18.8 Å². The molecule has 3 nitrogen and oxygen atoms in total. The number of carbonyl (C=O) groups excluding carboxylic acids is 1. The van der Waals surface area contributed by atoms with Crippen molar-refractivity contribution in [2.45, 2.75) is 71.1 Å². The first kappa shape index (κ1) is 22.6. The molecule has 0 aliphatic heterocycles. The molecule has 0 amide bonds. The number of unbranched alkanes of at least 4 members (excludes halogenated alkanes) is 9. The molecule has 0 bridgehead atoms. The summed E-state index contributed by atoms with van der Waals surface area (Å²) in [4.78, 5) is 11.9. The second-order valence-electron chi connectivity index (χ2n) is 6.90. The fourth-order valence-electron chi connectivity index (χ4n) is 2.74. The maximum absolute atomic E-state index is 11.9. The first-order valence-corrected chi connectivity index (χ1v) is 9.44. The highest BCUT2D eigenvalue weighted by atomic mass is 16.5. The second-order valence-corrected chi connectivity index (χ2v) is 6.90. The molecule has 3 heteroatoms. The van der Waals surface area contributed by atoms with Gasteiger partial charge >= 0.3 is 5.97 Å². The van der Waals surface area contributed by atoms with E-state index < -0.39 is 0 Å². The van der Waals surface area contributed by atoms with Crippen molar-refractivity contribution >= 4 is 5.97 Å². The van der Waals surface area contributed by atoms with Gasteiger partial charge in [-0.05, 0) is 18.3 Å². The molecule has 0 atom stereocenters. The molecule has 0 aromatic carbocycles. The molecule has 0 aliphatic carbocycles. The van der Waals surface area contributed by atoms with E-state index in [1.807, 2.05) is 7.05 Å². The lowest BCUT2D eigenvalue weighted by Gasteiger charge is -2.29. The lowest BCUT2D eigenvalue weighted by molar-refractivity contribution is -0.888. The highest BCUT2D eigenvalue weighted by Crippen LogP contribution is 2.10. The minimum Gasteiger partial charge on any atom is -0.462 e.